The van der Waals surface area contributed by atoms with Gasteiger partial charge in [-0.25, -0.2) is 0 Å². The van der Waals surface area contributed by atoms with Gasteiger partial charge in [-0.05, 0) is 42.9 Å². The van der Waals surface area contributed by atoms with Gasteiger partial charge in [-0.2, -0.15) is 0 Å². The van der Waals surface area contributed by atoms with Crippen LogP contribution in [0.4, 0.5) is 0 Å². The van der Waals surface area contributed by atoms with Crippen molar-refractivity contribution in [2.24, 2.45) is 11.8 Å². The van der Waals surface area contributed by atoms with Crippen molar-refractivity contribution in [3.05, 3.63) is 34.9 Å². The van der Waals surface area contributed by atoms with E-state index in [0.717, 1.165) is 37.3 Å². The molecular formula is C15H20N2O. The molecule has 1 aromatic carbocycles. The van der Waals surface area contributed by atoms with Gasteiger partial charge in [-0.15, -0.1) is 0 Å². The van der Waals surface area contributed by atoms with Crippen molar-refractivity contribution in [3.63, 3.8) is 0 Å². The lowest BCUT2D eigenvalue weighted by molar-refractivity contribution is 0.0781. The minimum Gasteiger partial charge on any atom is -0.338 e. The average molecular weight is 244 g/mol. The lowest BCUT2D eigenvalue weighted by Crippen LogP contribution is -2.32. The lowest BCUT2D eigenvalue weighted by Gasteiger charge is -2.19. The van der Waals surface area contributed by atoms with Gasteiger partial charge in [0.2, 0.25) is 0 Å². The number of likely N-dealkylation sites (tertiary alicyclic amines) is 1. The van der Waals surface area contributed by atoms with Crippen molar-refractivity contribution in [1.29, 1.82) is 0 Å². The average Bonchev–Trinajstić information content (AvgIpc) is 2.92. The van der Waals surface area contributed by atoms with Crippen LogP contribution in [0, 0.1) is 25.7 Å². The number of aryl methyl sites for hydroxylation is 1. The number of rotatable bonds is 1. The number of hydrogen-bond acceptors (Lipinski definition) is 2. The second-order valence-electron chi connectivity index (χ2n) is 5.64. The molecule has 3 heteroatoms. The summed E-state index contributed by atoms with van der Waals surface area (Å²) in [5.41, 5.74) is 3.20. The third-order valence-corrected chi connectivity index (χ3v) is 4.51. The second-order valence-corrected chi connectivity index (χ2v) is 5.64. The Morgan fingerprint density at radius 2 is 1.89 bits per heavy atom. The van der Waals surface area contributed by atoms with E-state index < -0.39 is 0 Å². The summed E-state index contributed by atoms with van der Waals surface area (Å²) in [6.45, 7) is 8.09. The van der Waals surface area contributed by atoms with Gasteiger partial charge in [0.1, 0.15) is 0 Å². The molecule has 0 unspecified atom stereocenters. The number of nitrogens with zero attached hydrogens (tertiary/aromatic N) is 1. The van der Waals surface area contributed by atoms with Crippen LogP contribution >= 0.6 is 0 Å². The second kappa shape index (κ2) is 4.39. The largest absolute Gasteiger partial charge is 0.338 e. The number of hydrogen-bond donors (Lipinski definition) is 1. The van der Waals surface area contributed by atoms with E-state index in [0.29, 0.717) is 11.8 Å². The summed E-state index contributed by atoms with van der Waals surface area (Å²) >= 11 is 0. The van der Waals surface area contributed by atoms with Crippen molar-refractivity contribution in [3.8, 4) is 0 Å². The highest BCUT2D eigenvalue weighted by molar-refractivity contribution is 5.96. The number of amides is 1. The van der Waals surface area contributed by atoms with Crippen LogP contribution < -0.4 is 5.32 Å². The van der Waals surface area contributed by atoms with E-state index in [-0.39, 0.29) is 5.91 Å². The molecular weight excluding hydrogens is 224 g/mol. The molecule has 0 radical (unpaired) electrons. The van der Waals surface area contributed by atoms with Gasteiger partial charge in [0.25, 0.3) is 5.91 Å². The molecule has 0 saturated carbocycles. The van der Waals surface area contributed by atoms with E-state index in [1.54, 1.807) is 0 Å². The van der Waals surface area contributed by atoms with Gasteiger partial charge in [-0.3, -0.25) is 4.79 Å². The van der Waals surface area contributed by atoms with Gasteiger partial charge in [0, 0.05) is 31.7 Å². The number of fused-ring (bicyclic) bond motifs is 1. The topological polar surface area (TPSA) is 32.3 Å². The maximum Gasteiger partial charge on any atom is 0.254 e. The third-order valence-electron chi connectivity index (χ3n) is 4.51. The summed E-state index contributed by atoms with van der Waals surface area (Å²) in [6, 6.07) is 6.00. The van der Waals surface area contributed by atoms with E-state index in [1.807, 2.05) is 24.0 Å². The summed E-state index contributed by atoms with van der Waals surface area (Å²) < 4.78 is 0. The third kappa shape index (κ3) is 1.83. The maximum atomic E-state index is 12.6. The van der Waals surface area contributed by atoms with Crippen molar-refractivity contribution in [2.45, 2.75) is 13.8 Å². The molecule has 3 nitrogen and oxygen atoms in total. The Morgan fingerprint density at radius 3 is 2.56 bits per heavy atom. The fourth-order valence-corrected chi connectivity index (χ4v) is 3.17. The zero-order valence-electron chi connectivity index (χ0n) is 11.1. The summed E-state index contributed by atoms with van der Waals surface area (Å²) in [5, 5.41) is 3.41. The van der Waals surface area contributed by atoms with Crippen LogP contribution in [0.1, 0.15) is 21.5 Å². The molecule has 3 rings (SSSR count). The quantitative estimate of drug-likeness (QED) is 0.813. The Morgan fingerprint density at radius 1 is 1.22 bits per heavy atom. The Kier molecular flexibility index (Phi) is 2.86. The Bertz CT molecular complexity index is 471. The van der Waals surface area contributed by atoms with E-state index in [9.17, 15) is 4.79 Å². The van der Waals surface area contributed by atoms with Crippen molar-refractivity contribution >= 4 is 5.91 Å². The zero-order valence-corrected chi connectivity index (χ0v) is 11.1. The molecule has 18 heavy (non-hydrogen) atoms. The molecule has 2 saturated heterocycles. The molecule has 0 aliphatic carbocycles. The molecule has 2 atom stereocenters. The van der Waals surface area contributed by atoms with Crippen LogP contribution in [0.2, 0.25) is 0 Å². The highest BCUT2D eigenvalue weighted by Crippen LogP contribution is 2.28. The highest BCUT2D eigenvalue weighted by Gasteiger charge is 2.38. The fourth-order valence-electron chi connectivity index (χ4n) is 3.17. The van der Waals surface area contributed by atoms with E-state index in [2.05, 4.69) is 18.3 Å². The lowest BCUT2D eigenvalue weighted by atomic mass is 10.0. The van der Waals surface area contributed by atoms with Crippen molar-refractivity contribution in [2.75, 3.05) is 26.2 Å². The Labute approximate surface area is 108 Å². The molecule has 2 fully saturated rings. The molecule has 0 bridgehead atoms. The molecule has 2 aliphatic rings. The van der Waals surface area contributed by atoms with Gasteiger partial charge >= 0.3 is 0 Å². The predicted octanol–water partition coefficient (Wildman–Crippen LogP) is 1.59. The van der Waals surface area contributed by atoms with Crippen molar-refractivity contribution in [1.82, 2.24) is 10.2 Å². The first kappa shape index (κ1) is 11.7. The molecule has 1 aromatic rings. The summed E-state index contributed by atoms with van der Waals surface area (Å²) in [4.78, 5) is 14.6. The molecule has 2 heterocycles. The number of carbonyl (C=O) groups is 1. The standard InChI is InChI=1S/C15H20N2O/c1-10-4-3-5-14(11(10)2)15(18)17-8-12-6-16-7-13(12)9-17/h3-5,12-13,16H,6-9H2,1-2H3/t12-,13+. The first-order valence-corrected chi connectivity index (χ1v) is 6.73. The van der Waals surface area contributed by atoms with Crippen LogP contribution in [0.15, 0.2) is 18.2 Å². The fraction of sp³-hybridized carbons (Fsp3) is 0.533. The molecule has 1 amide bonds. The minimum atomic E-state index is 0.214. The summed E-state index contributed by atoms with van der Waals surface area (Å²) in [5.74, 6) is 1.55. The Hall–Kier alpha value is -1.35. The van der Waals surface area contributed by atoms with Crippen molar-refractivity contribution < 1.29 is 4.79 Å². The highest BCUT2D eigenvalue weighted by atomic mass is 16.2. The van der Waals surface area contributed by atoms with Crippen LogP contribution in [-0.4, -0.2) is 37.0 Å². The first-order chi connectivity index (χ1) is 8.66. The predicted molar refractivity (Wildman–Crippen MR) is 71.7 cm³/mol. The maximum absolute atomic E-state index is 12.6. The molecule has 96 valence electrons. The zero-order chi connectivity index (χ0) is 12.7. The number of nitrogens with one attached hydrogen (secondary N) is 1. The monoisotopic (exact) mass is 244 g/mol. The van der Waals surface area contributed by atoms with Gasteiger partial charge < -0.3 is 10.2 Å². The molecule has 0 aromatic heterocycles. The van der Waals surface area contributed by atoms with Crippen LogP contribution in [0.5, 0.6) is 0 Å². The van der Waals surface area contributed by atoms with E-state index >= 15 is 0 Å². The van der Waals surface area contributed by atoms with Gasteiger partial charge in [0.15, 0.2) is 0 Å². The van der Waals surface area contributed by atoms with E-state index in [1.165, 1.54) is 5.56 Å². The van der Waals surface area contributed by atoms with Gasteiger partial charge in [0.05, 0.1) is 0 Å². The normalized spacial score (nSPS) is 26.4. The summed E-state index contributed by atoms with van der Waals surface area (Å²) in [7, 11) is 0. The van der Waals surface area contributed by atoms with Crippen LogP contribution in [-0.2, 0) is 0 Å². The van der Waals surface area contributed by atoms with Gasteiger partial charge in [-0.1, -0.05) is 12.1 Å². The SMILES string of the molecule is Cc1cccc(C(=O)N2C[C@H]3CNC[C@H]3C2)c1C. The minimum absolute atomic E-state index is 0.214. The summed E-state index contributed by atoms with van der Waals surface area (Å²) in [6.07, 6.45) is 0. The number of carbonyl (C=O) groups excluding carboxylic acids is 1. The molecule has 2 aliphatic heterocycles. The number of benzene rings is 1. The molecule has 0 spiro atoms. The smallest absolute Gasteiger partial charge is 0.254 e. The van der Waals surface area contributed by atoms with E-state index in [4.69, 9.17) is 0 Å². The van der Waals surface area contributed by atoms with Crippen LogP contribution in [0.3, 0.4) is 0 Å². The van der Waals surface area contributed by atoms with Crippen LogP contribution in [0.25, 0.3) is 0 Å². The Balaban J connectivity index is 1.81. The molecule has 1 N–H and O–H groups in total. The first-order valence-electron chi connectivity index (χ1n) is 6.73.